The predicted octanol–water partition coefficient (Wildman–Crippen LogP) is 8.50. The molecule has 1 heterocycles. The van der Waals surface area contributed by atoms with E-state index in [0.29, 0.717) is 0 Å². The lowest BCUT2D eigenvalue weighted by molar-refractivity contribution is 0.704. The Labute approximate surface area is 198 Å². The van der Waals surface area contributed by atoms with Gasteiger partial charge in [0.05, 0.1) is 11.0 Å². The van der Waals surface area contributed by atoms with Crippen LogP contribution in [0.2, 0.25) is 0 Å². The molecule has 0 saturated heterocycles. The van der Waals surface area contributed by atoms with Gasteiger partial charge in [0.25, 0.3) is 0 Å². The smallest absolute Gasteiger partial charge is 0.0541 e. The monoisotopic (exact) mass is 433 g/mol. The van der Waals surface area contributed by atoms with E-state index in [0.717, 1.165) is 0 Å². The Morgan fingerprint density at radius 2 is 1.24 bits per heavy atom. The second kappa shape index (κ2) is 6.07. The third-order valence-electron chi connectivity index (χ3n) is 8.10. The maximum absolute atomic E-state index is 2.43. The van der Waals surface area contributed by atoms with Crippen LogP contribution in [-0.4, -0.2) is 4.57 Å². The highest BCUT2D eigenvalue weighted by Crippen LogP contribution is 2.59. The van der Waals surface area contributed by atoms with Gasteiger partial charge in [0.1, 0.15) is 0 Å². The molecule has 160 valence electrons. The number of hydrogen-bond donors (Lipinski definition) is 0. The summed E-state index contributed by atoms with van der Waals surface area (Å²) in [4.78, 5) is 0. The maximum atomic E-state index is 2.43. The van der Waals surface area contributed by atoms with Crippen LogP contribution in [0.15, 0.2) is 103 Å². The lowest BCUT2D eigenvalue weighted by Gasteiger charge is -2.25. The summed E-state index contributed by atoms with van der Waals surface area (Å²) in [6.07, 6.45) is 0. The van der Waals surface area contributed by atoms with Crippen LogP contribution in [-0.2, 0) is 5.41 Å². The van der Waals surface area contributed by atoms with Crippen molar-refractivity contribution in [3.05, 3.63) is 125 Å². The van der Waals surface area contributed by atoms with Crippen molar-refractivity contribution in [3.8, 4) is 5.69 Å². The molecule has 1 heteroatoms. The summed E-state index contributed by atoms with van der Waals surface area (Å²) in [7, 11) is 0. The quantitative estimate of drug-likeness (QED) is 0.245. The molecule has 34 heavy (non-hydrogen) atoms. The molecular formula is C33H23N. The molecule has 8 rings (SSSR count). The molecule has 0 aliphatic heterocycles. The van der Waals surface area contributed by atoms with Crippen molar-refractivity contribution < 1.29 is 0 Å². The van der Waals surface area contributed by atoms with Gasteiger partial charge in [0.15, 0.2) is 0 Å². The third-order valence-corrected chi connectivity index (χ3v) is 8.10. The summed E-state index contributed by atoms with van der Waals surface area (Å²) >= 11 is 0. The van der Waals surface area contributed by atoms with E-state index in [-0.39, 0.29) is 5.41 Å². The lowest BCUT2D eigenvalue weighted by Crippen LogP contribution is -2.16. The van der Waals surface area contributed by atoms with E-state index in [4.69, 9.17) is 0 Å². The zero-order chi connectivity index (χ0) is 22.6. The van der Waals surface area contributed by atoms with Crippen molar-refractivity contribution in [2.45, 2.75) is 19.3 Å². The first kappa shape index (κ1) is 18.3. The minimum atomic E-state index is -0.0304. The van der Waals surface area contributed by atoms with Crippen molar-refractivity contribution in [2.24, 2.45) is 0 Å². The van der Waals surface area contributed by atoms with Gasteiger partial charge in [-0.2, -0.15) is 0 Å². The normalized spacial score (nSPS) is 15.5. The average Bonchev–Trinajstić information content (AvgIpc) is 3.46. The molecule has 2 aliphatic rings. The van der Waals surface area contributed by atoms with Crippen LogP contribution in [0.3, 0.4) is 0 Å². The minimum Gasteiger partial charge on any atom is -0.309 e. The van der Waals surface area contributed by atoms with Gasteiger partial charge in [-0.1, -0.05) is 92.7 Å². The summed E-state index contributed by atoms with van der Waals surface area (Å²) in [6, 6.07) is 38.2. The molecule has 0 saturated carbocycles. The van der Waals surface area contributed by atoms with Crippen LogP contribution >= 0.6 is 0 Å². The molecule has 1 aromatic heterocycles. The molecule has 5 aromatic carbocycles. The van der Waals surface area contributed by atoms with E-state index in [1.54, 1.807) is 0 Å². The third kappa shape index (κ3) is 2.06. The lowest BCUT2D eigenvalue weighted by atomic mass is 9.78. The van der Waals surface area contributed by atoms with Crippen molar-refractivity contribution >= 4 is 43.7 Å². The number of para-hydroxylation sites is 2. The van der Waals surface area contributed by atoms with Gasteiger partial charge in [-0.05, 0) is 68.4 Å². The number of hydrogen-bond acceptors (Lipinski definition) is 0. The number of rotatable bonds is 1. The largest absolute Gasteiger partial charge is 0.309 e. The van der Waals surface area contributed by atoms with Crippen molar-refractivity contribution in [1.29, 1.82) is 0 Å². The van der Waals surface area contributed by atoms with Gasteiger partial charge < -0.3 is 4.57 Å². The Bertz CT molecular complexity index is 1820. The Morgan fingerprint density at radius 1 is 0.588 bits per heavy atom. The van der Waals surface area contributed by atoms with Gasteiger partial charge in [0.2, 0.25) is 0 Å². The number of aromatic nitrogens is 1. The van der Waals surface area contributed by atoms with Crippen LogP contribution < -0.4 is 0 Å². The fourth-order valence-corrected chi connectivity index (χ4v) is 6.71. The summed E-state index contributed by atoms with van der Waals surface area (Å²) in [5.74, 6) is 0. The first-order chi connectivity index (χ1) is 16.6. The Kier molecular flexibility index (Phi) is 3.27. The zero-order valence-corrected chi connectivity index (χ0v) is 19.3. The second-order valence-electron chi connectivity index (χ2n) is 10.2. The van der Waals surface area contributed by atoms with Crippen LogP contribution in [0, 0.1) is 0 Å². The van der Waals surface area contributed by atoms with Crippen molar-refractivity contribution in [3.63, 3.8) is 0 Å². The number of benzene rings is 5. The highest BCUT2D eigenvalue weighted by Gasteiger charge is 2.43. The summed E-state index contributed by atoms with van der Waals surface area (Å²) in [6.45, 7) is 4.78. The Morgan fingerprint density at radius 3 is 1.94 bits per heavy atom. The summed E-state index contributed by atoms with van der Waals surface area (Å²) in [5, 5.41) is 5.35. The maximum Gasteiger partial charge on any atom is 0.0541 e. The van der Waals surface area contributed by atoms with E-state index in [2.05, 4.69) is 122 Å². The van der Waals surface area contributed by atoms with Crippen LogP contribution in [0.5, 0.6) is 0 Å². The van der Waals surface area contributed by atoms with E-state index in [1.165, 1.54) is 71.7 Å². The number of allylic oxidation sites excluding steroid dienone is 1. The van der Waals surface area contributed by atoms with Gasteiger partial charge in [-0.15, -0.1) is 0 Å². The molecule has 0 spiro atoms. The Hall–Kier alpha value is -4.10. The molecule has 0 unspecified atom stereocenters. The van der Waals surface area contributed by atoms with E-state index < -0.39 is 0 Å². The fourth-order valence-electron chi connectivity index (χ4n) is 6.71. The molecule has 0 amide bonds. The van der Waals surface area contributed by atoms with Crippen LogP contribution in [0.1, 0.15) is 36.1 Å². The molecule has 6 aromatic rings. The summed E-state index contributed by atoms with van der Waals surface area (Å²) in [5.41, 5.74) is 12.2. The SMILES string of the molecule is CC1(C)C2=C(c3cc(-n4c5ccccc5c5ccccc54)ccc31)c1cccc3cccc2c13. The molecule has 0 fully saturated rings. The van der Waals surface area contributed by atoms with Crippen molar-refractivity contribution in [1.82, 2.24) is 4.57 Å². The molecule has 0 N–H and O–H groups in total. The minimum absolute atomic E-state index is 0.0304. The number of nitrogens with zero attached hydrogens (tertiary/aromatic N) is 1. The average molecular weight is 434 g/mol. The van der Waals surface area contributed by atoms with Gasteiger partial charge in [-0.25, -0.2) is 0 Å². The molecule has 2 aliphatic carbocycles. The van der Waals surface area contributed by atoms with E-state index >= 15 is 0 Å². The van der Waals surface area contributed by atoms with E-state index in [9.17, 15) is 0 Å². The second-order valence-corrected chi connectivity index (χ2v) is 10.2. The van der Waals surface area contributed by atoms with E-state index in [1.807, 2.05) is 0 Å². The highest BCUT2D eigenvalue weighted by atomic mass is 15.0. The van der Waals surface area contributed by atoms with Crippen molar-refractivity contribution in [2.75, 3.05) is 0 Å². The molecule has 0 atom stereocenters. The van der Waals surface area contributed by atoms with Gasteiger partial charge in [-0.3, -0.25) is 0 Å². The first-order valence-electron chi connectivity index (χ1n) is 12.1. The summed E-state index contributed by atoms with van der Waals surface area (Å²) < 4.78 is 2.43. The highest BCUT2D eigenvalue weighted by molar-refractivity contribution is 6.22. The first-order valence-corrected chi connectivity index (χ1v) is 12.1. The molecule has 0 bridgehead atoms. The molecular weight excluding hydrogens is 410 g/mol. The zero-order valence-electron chi connectivity index (χ0n) is 19.3. The molecule has 1 nitrogen and oxygen atoms in total. The topological polar surface area (TPSA) is 4.93 Å². The fraction of sp³-hybridized carbons (Fsp3) is 0.0909. The van der Waals surface area contributed by atoms with Crippen LogP contribution in [0.25, 0.3) is 49.4 Å². The van der Waals surface area contributed by atoms with Gasteiger partial charge in [0, 0.05) is 21.9 Å². The molecule has 0 radical (unpaired) electrons. The predicted molar refractivity (Wildman–Crippen MR) is 144 cm³/mol. The standard InChI is InChI=1S/C33H23N/c1-33(2)27-18-17-21(34-28-15-5-3-11-22(28)23-12-4-6-16-29(23)34)19-26(27)31-24-13-7-9-20-10-8-14-25(30(20)24)32(31)33/h3-19H,1-2H3. The van der Waals surface area contributed by atoms with Crippen LogP contribution in [0.4, 0.5) is 0 Å². The Balaban J connectivity index is 1.46. The number of fused-ring (bicyclic) bond motifs is 7. The van der Waals surface area contributed by atoms with Gasteiger partial charge >= 0.3 is 0 Å².